The van der Waals surface area contributed by atoms with Crippen molar-refractivity contribution in [3.05, 3.63) is 63.5 Å². The second-order valence-electron chi connectivity index (χ2n) is 4.00. The summed E-state index contributed by atoms with van der Waals surface area (Å²) in [4.78, 5) is 10.8. The summed E-state index contributed by atoms with van der Waals surface area (Å²) < 4.78 is 1.64. The third-order valence-corrected chi connectivity index (χ3v) is 2.61. The van der Waals surface area contributed by atoms with E-state index in [-0.39, 0.29) is 10.6 Å². The van der Waals surface area contributed by atoms with Gasteiger partial charge in [0.05, 0.1) is 16.2 Å². The van der Waals surface area contributed by atoms with E-state index in [2.05, 4.69) is 5.10 Å². The van der Waals surface area contributed by atoms with Crippen LogP contribution in [0.3, 0.4) is 0 Å². The van der Waals surface area contributed by atoms with Crippen LogP contribution in [-0.2, 0) is 7.05 Å². The van der Waals surface area contributed by atoms with Crippen molar-refractivity contribution in [2.24, 2.45) is 7.05 Å². The fourth-order valence-electron chi connectivity index (χ4n) is 1.76. The van der Waals surface area contributed by atoms with E-state index in [4.69, 9.17) is 0 Å². The Labute approximate surface area is 105 Å². The summed E-state index contributed by atoms with van der Waals surface area (Å²) in [6, 6.07) is 8.84. The van der Waals surface area contributed by atoms with Gasteiger partial charge in [-0.1, -0.05) is 18.2 Å². The molecule has 0 amide bonds. The van der Waals surface area contributed by atoms with Gasteiger partial charge in [0.25, 0.3) is 5.70 Å². The number of aryl methyl sites for hydroxylation is 2. The topological polar surface area (TPSA) is 61.0 Å². The zero-order valence-electron chi connectivity index (χ0n) is 10.2. The molecular weight excluding hydrogens is 230 g/mol. The lowest BCUT2D eigenvalue weighted by atomic mass is 10.1. The highest BCUT2D eigenvalue weighted by Crippen LogP contribution is 2.19. The van der Waals surface area contributed by atoms with Gasteiger partial charge in [0.1, 0.15) is 0 Å². The van der Waals surface area contributed by atoms with Crippen LogP contribution < -0.4 is 0 Å². The van der Waals surface area contributed by atoms with Gasteiger partial charge in [0, 0.05) is 24.9 Å². The summed E-state index contributed by atoms with van der Waals surface area (Å²) >= 11 is 0. The Morgan fingerprint density at radius 3 is 2.56 bits per heavy atom. The van der Waals surface area contributed by atoms with Crippen LogP contribution in [0.15, 0.2) is 36.5 Å². The molecule has 0 spiro atoms. The van der Waals surface area contributed by atoms with Gasteiger partial charge < -0.3 is 0 Å². The first-order valence-electron chi connectivity index (χ1n) is 5.49. The molecule has 0 aliphatic rings. The molecule has 18 heavy (non-hydrogen) atoms. The Morgan fingerprint density at radius 1 is 1.39 bits per heavy atom. The molecule has 1 aromatic heterocycles. The Balaban J connectivity index is 2.49. The summed E-state index contributed by atoms with van der Waals surface area (Å²) in [7, 11) is 1.79. The Kier molecular flexibility index (Phi) is 3.23. The van der Waals surface area contributed by atoms with Crippen molar-refractivity contribution in [1.82, 2.24) is 9.78 Å². The van der Waals surface area contributed by atoms with Crippen LogP contribution in [0, 0.1) is 17.0 Å². The maximum absolute atomic E-state index is 11.1. The van der Waals surface area contributed by atoms with Gasteiger partial charge in [0.15, 0.2) is 0 Å². The van der Waals surface area contributed by atoms with Gasteiger partial charge in [-0.05, 0) is 19.1 Å². The first-order chi connectivity index (χ1) is 8.58. The molecule has 5 heteroatoms. The molecule has 2 aromatic rings. The normalized spacial score (nSPS) is 11.6. The smallest absolute Gasteiger partial charge is 0.275 e. The van der Waals surface area contributed by atoms with Gasteiger partial charge in [-0.25, -0.2) is 0 Å². The number of nitrogens with zero attached hydrogens (tertiary/aromatic N) is 3. The monoisotopic (exact) mass is 243 g/mol. The van der Waals surface area contributed by atoms with Gasteiger partial charge in [-0.15, -0.1) is 0 Å². The average Bonchev–Trinajstić information content (AvgIpc) is 2.65. The predicted octanol–water partition coefficient (Wildman–Crippen LogP) is 2.50. The molecule has 0 aliphatic carbocycles. The molecule has 0 N–H and O–H groups in total. The number of hydrogen-bond acceptors (Lipinski definition) is 3. The van der Waals surface area contributed by atoms with Gasteiger partial charge in [-0.3, -0.25) is 14.8 Å². The lowest BCUT2D eigenvalue weighted by Crippen LogP contribution is -1.97. The van der Waals surface area contributed by atoms with E-state index in [1.807, 2.05) is 13.0 Å². The molecule has 0 unspecified atom stereocenters. The molecule has 0 atom stereocenters. The van der Waals surface area contributed by atoms with Gasteiger partial charge in [0.2, 0.25) is 0 Å². The van der Waals surface area contributed by atoms with Crippen LogP contribution >= 0.6 is 0 Å². The lowest BCUT2D eigenvalue weighted by molar-refractivity contribution is -0.374. The number of benzene rings is 1. The van der Waals surface area contributed by atoms with Crippen molar-refractivity contribution in [3.63, 3.8) is 0 Å². The van der Waals surface area contributed by atoms with E-state index in [1.165, 1.54) is 0 Å². The molecule has 2 rings (SSSR count). The Bertz CT molecular complexity index is 600. The molecule has 1 aromatic carbocycles. The van der Waals surface area contributed by atoms with Crippen LogP contribution in [0.1, 0.15) is 16.8 Å². The quantitative estimate of drug-likeness (QED) is 0.614. The molecule has 5 nitrogen and oxygen atoms in total. The van der Waals surface area contributed by atoms with E-state index in [0.717, 1.165) is 11.3 Å². The number of hydrogen-bond donors (Lipinski definition) is 0. The van der Waals surface area contributed by atoms with Crippen molar-refractivity contribution in [3.8, 4) is 0 Å². The second-order valence-corrected chi connectivity index (χ2v) is 4.00. The lowest BCUT2D eigenvalue weighted by Gasteiger charge is -1.98. The summed E-state index contributed by atoms with van der Waals surface area (Å²) in [6.45, 7) is 1.83. The van der Waals surface area contributed by atoms with Gasteiger partial charge in [-0.2, -0.15) is 5.10 Å². The van der Waals surface area contributed by atoms with Crippen LogP contribution in [0.5, 0.6) is 0 Å². The van der Waals surface area contributed by atoms with Crippen LogP contribution in [0.4, 0.5) is 0 Å². The zero-order valence-corrected chi connectivity index (χ0v) is 10.2. The third kappa shape index (κ3) is 2.45. The van der Waals surface area contributed by atoms with Crippen molar-refractivity contribution >= 4 is 11.8 Å². The number of nitro groups is 1. The van der Waals surface area contributed by atoms with Crippen LogP contribution in [-0.4, -0.2) is 14.7 Å². The molecule has 0 aliphatic heterocycles. The molecular formula is C13H13N3O2. The molecule has 0 fully saturated rings. The minimum absolute atomic E-state index is 0.0756. The standard InChI is InChI=1S/C13H13N3O2/c1-10-12(9-15(2)14-10)8-13(16(17)18)11-6-4-3-5-7-11/h3-9H,1-2H3/b13-8+. The van der Waals surface area contributed by atoms with Gasteiger partial charge >= 0.3 is 0 Å². The van der Waals surface area contributed by atoms with E-state index in [0.29, 0.717) is 5.56 Å². The highest BCUT2D eigenvalue weighted by atomic mass is 16.6. The summed E-state index contributed by atoms with van der Waals surface area (Å²) in [5.74, 6) is 0. The summed E-state index contributed by atoms with van der Waals surface area (Å²) in [5, 5.41) is 15.3. The predicted molar refractivity (Wildman–Crippen MR) is 69.3 cm³/mol. The van der Waals surface area contributed by atoms with E-state index >= 15 is 0 Å². The van der Waals surface area contributed by atoms with Crippen LogP contribution in [0.2, 0.25) is 0 Å². The Hall–Kier alpha value is -2.43. The molecule has 0 saturated heterocycles. The highest BCUT2D eigenvalue weighted by molar-refractivity contribution is 5.76. The average molecular weight is 243 g/mol. The maximum atomic E-state index is 11.1. The molecule has 0 radical (unpaired) electrons. The minimum Gasteiger partial charge on any atom is -0.275 e. The van der Waals surface area contributed by atoms with Crippen molar-refractivity contribution in [1.29, 1.82) is 0 Å². The SMILES string of the molecule is Cc1nn(C)cc1/C=C(\c1ccccc1)[N+](=O)[O-]. The first kappa shape index (κ1) is 12.0. The third-order valence-electron chi connectivity index (χ3n) is 2.61. The molecule has 1 heterocycles. The largest absolute Gasteiger partial charge is 0.277 e. The summed E-state index contributed by atoms with van der Waals surface area (Å²) in [6.07, 6.45) is 3.32. The minimum atomic E-state index is -0.373. The molecule has 0 saturated carbocycles. The molecule has 0 bridgehead atoms. The fraction of sp³-hybridized carbons (Fsp3) is 0.154. The van der Waals surface area contributed by atoms with Crippen molar-refractivity contribution in [2.75, 3.05) is 0 Å². The highest BCUT2D eigenvalue weighted by Gasteiger charge is 2.15. The number of aromatic nitrogens is 2. The first-order valence-corrected chi connectivity index (χ1v) is 5.49. The van der Waals surface area contributed by atoms with Crippen molar-refractivity contribution in [2.45, 2.75) is 6.92 Å². The van der Waals surface area contributed by atoms with E-state index < -0.39 is 0 Å². The number of rotatable bonds is 3. The Morgan fingerprint density at radius 2 is 2.06 bits per heavy atom. The fourth-order valence-corrected chi connectivity index (χ4v) is 1.76. The molecule has 92 valence electrons. The maximum Gasteiger partial charge on any atom is 0.277 e. The van der Waals surface area contributed by atoms with Crippen LogP contribution in [0.25, 0.3) is 11.8 Å². The van der Waals surface area contributed by atoms with E-state index in [1.54, 1.807) is 48.3 Å². The van der Waals surface area contributed by atoms with E-state index in [9.17, 15) is 10.1 Å². The zero-order chi connectivity index (χ0) is 13.1. The summed E-state index contributed by atoms with van der Waals surface area (Å²) in [5.41, 5.74) is 2.19. The van der Waals surface area contributed by atoms with Crippen molar-refractivity contribution < 1.29 is 4.92 Å². The second kappa shape index (κ2) is 4.83.